The van der Waals surface area contributed by atoms with Gasteiger partial charge < -0.3 is 5.73 Å². The SMILES string of the molecule is C#CC(C)(C)NS(=O)(=O)c1ccc(C#N)cc1N. The maximum Gasteiger partial charge on any atom is 0.243 e. The third-order valence-corrected chi connectivity index (χ3v) is 3.91. The lowest BCUT2D eigenvalue weighted by molar-refractivity contribution is 0.539. The van der Waals surface area contributed by atoms with E-state index >= 15 is 0 Å². The topological polar surface area (TPSA) is 96.0 Å². The van der Waals surface area contributed by atoms with Crippen molar-refractivity contribution in [1.82, 2.24) is 4.72 Å². The number of nitrogen functional groups attached to an aromatic ring is 1. The summed E-state index contributed by atoms with van der Waals surface area (Å²) in [6, 6.07) is 5.84. The lowest BCUT2D eigenvalue weighted by atomic mass is 10.1. The smallest absolute Gasteiger partial charge is 0.243 e. The zero-order chi connectivity index (χ0) is 14.0. The van der Waals surface area contributed by atoms with E-state index in [1.165, 1.54) is 18.2 Å². The molecule has 0 spiro atoms. The van der Waals surface area contributed by atoms with Crippen LogP contribution >= 0.6 is 0 Å². The number of nitriles is 1. The average Bonchev–Trinajstić information content (AvgIpc) is 2.27. The molecule has 0 heterocycles. The molecule has 1 aromatic carbocycles. The Labute approximate surface area is 107 Å². The predicted octanol–water partition coefficient (Wildman–Crippen LogP) is 0.831. The number of rotatable bonds is 3. The molecule has 6 heteroatoms. The maximum atomic E-state index is 12.1. The van der Waals surface area contributed by atoms with Gasteiger partial charge in [0, 0.05) is 0 Å². The number of benzene rings is 1. The van der Waals surface area contributed by atoms with Gasteiger partial charge in [0.2, 0.25) is 10.0 Å². The molecule has 0 unspecified atom stereocenters. The number of hydrogen-bond acceptors (Lipinski definition) is 4. The maximum absolute atomic E-state index is 12.1. The van der Waals surface area contributed by atoms with Gasteiger partial charge in [-0.25, -0.2) is 8.42 Å². The van der Waals surface area contributed by atoms with Crippen molar-refractivity contribution in [1.29, 1.82) is 5.26 Å². The summed E-state index contributed by atoms with van der Waals surface area (Å²) in [5.41, 5.74) is 4.91. The molecular formula is C12H13N3O2S. The predicted molar refractivity (Wildman–Crippen MR) is 68.8 cm³/mol. The van der Waals surface area contributed by atoms with Crippen LogP contribution in [0.25, 0.3) is 0 Å². The summed E-state index contributed by atoms with van der Waals surface area (Å²) in [5.74, 6) is 2.33. The lowest BCUT2D eigenvalue weighted by Crippen LogP contribution is -2.42. The number of hydrogen-bond donors (Lipinski definition) is 2. The number of nitrogens with two attached hydrogens (primary N) is 1. The molecule has 0 atom stereocenters. The quantitative estimate of drug-likeness (QED) is 0.623. The molecule has 1 aromatic rings. The van der Waals surface area contributed by atoms with Crippen LogP contribution in [0.4, 0.5) is 5.69 Å². The van der Waals surface area contributed by atoms with E-state index in [-0.39, 0.29) is 10.6 Å². The van der Waals surface area contributed by atoms with Crippen LogP contribution in [-0.2, 0) is 10.0 Å². The van der Waals surface area contributed by atoms with Gasteiger partial charge in [-0.05, 0) is 32.0 Å². The normalized spacial score (nSPS) is 11.6. The van der Waals surface area contributed by atoms with Gasteiger partial charge in [0.05, 0.1) is 22.9 Å². The van der Waals surface area contributed by atoms with Crippen LogP contribution in [0.2, 0.25) is 0 Å². The van der Waals surface area contributed by atoms with Crippen LogP contribution in [0.1, 0.15) is 19.4 Å². The van der Waals surface area contributed by atoms with Gasteiger partial charge in [-0.2, -0.15) is 9.98 Å². The van der Waals surface area contributed by atoms with Crippen molar-refractivity contribution >= 4 is 15.7 Å². The molecule has 94 valence electrons. The van der Waals surface area contributed by atoms with E-state index in [0.29, 0.717) is 5.56 Å². The number of anilines is 1. The minimum atomic E-state index is -3.81. The molecule has 1 rings (SSSR count). The second-order valence-electron chi connectivity index (χ2n) is 4.24. The first-order valence-corrected chi connectivity index (χ1v) is 6.51. The Balaban J connectivity index is 3.24. The number of nitrogens with zero attached hydrogens (tertiary/aromatic N) is 1. The average molecular weight is 263 g/mol. The van der Waals surface area contributed by atoms with Crippen molar-refractivity contribution in [3.63, 3.8) is 0 Å². The summed E-state index contributed by atoms with van der Waals surface area (Å²) in [7, 11) is -3.81. The van der Waals surface area contributed by atoms with E-state index in [1.54, 1.807) is 13.8 Å². The van der Waals surface area contributed by atoms with Crippen molar-refractivity contribution in [2.45, 2.75) is 24.3 Å². The molecular weight excluding hydrogens is 250 g/mol. The third-order valence-electron chi connectivity index (χ3n) is 2.18. The standard InChI is InChI=1S/C12H13N3O2S/c1-4-12(2,3)15-18(16,17)11-6-5-9(8-13)7-10(11)14/h1,5-7,15H,14H2,2-3H3. The molecule has 0 radical (unpaired) electrons. The molecule has 0 aliphatic carbocycles. The van der Waals surface area contributed by atoms with E-state index in [4.69, 9.17) is 17.4 Å². The van der Waals surface area contributed by atoms with Crippen LogP contribution < -0.4 is 10.5 Å². The first-order chi connectivity index (χ1) is 8.22. The summed E-state index contributed by atoms with van der Waals surface area (Å²) in [4.78, 5) is -0.0928. The lowest BCUT2D eigenvalue weighted by Gasteiger charge is -2.20. The molecule has 0 saturated heterocycles. The van der Waals surface area contributed by atoms with Crippen molar-refractivity contribution in [3.8, 4) is 18.4 Å². The van der Waals surface area contributed by atoms with Gasteiger partial charge in [0.1, 0.15) is 4.90 Å². The third kappa shape index (κ3) is 3.01. The van der Waals surface area contributed by atoms with Crippen LogP contribution in [0.15, 0.2) is 23.1 Å². The molecule has 0 bridgehead atoms. The highest BCUT2D eigenvalue weighted by Crippen LogP contribution is 2.20. The monoisotopic (exact) mass is 263 g/mol. The highest BCUT2D eigenvalue weighted by Gasteiger charge is 2.25. The Morgan fingerprint density at radius 3 is 2.50 bits per heavy atom. The summed E-state index contributed by atoms with van der Waals surface area (Å²) in [6.45, 7) is 3.12. The van der Waals surface area contributed by atoms with E-state index in [2.05, 4.69) is 10.6 Å². The Morgan fingerprint density at radius 1 is 1.44 bits per heavy atom. The van der Waals surface area contributed by atoms with Crippen LogP contribution in [0, 0.1) is 23.7 Å². The molecule has 0 aromatic heterocycles. The van der Waals surface area contributed by atoms with E-state index in [0.717, 1.165) is 0 Å². The van der Waals surface area contributed by atoms with Gasteiger partial charge in [-0.3, -0.25) is 0 Å². The van der Waals surface area contributed by atoms with Gasteiger partial charge in [0.15, 0.2) is 0 Å². The summed E-state index contributed by atoms with van der Waals surface area (Å²) >= 11 is 0. The fraction of sp³-hybridized carbons (Fsp3) is 0.250. The molecule has 0 fully saturated rings. The zero-order valence-electron chi connectivity index (χ0n) is 10.1. The Kier molecular flexibility index (Phi) is 3.66. The summed E-state index contributed by atoms with van der Waals surface area (Å²) in [5, 5.41) is 8.68. The molecule has 0 saturated carbocycles. The zero-order valence-corrected chi connectivity index (χ0v) is 10.9. The molecule has 5 nitrogen and oxygen atoms in total. The summed E-state index contributed by atoms with van der Waals surface area (Å²) < 4.78 is 26.5. The van der Waals surface area contributed by atoms with E-state index < -0.39 is 15.6 Å². The molecule has 0 aliphatic heterocycles. The van der Waals surface area contributed by atoms with Crippen LogP contribution in [0.5, 0.6) is 0 Å². The van der Waals surface area contributed by atoms with Crippen LogP contribution in [-0.4, -0.2) is 14.0 Å². The first kappa shape index (κ1) is 14.0. The van der Waals surface area contributed by atoms with Crippen molar-refractivity contribution in [2.75, 3.05) is 5.73 Å². The largest absolute Gasteiger partial charge is 0.398 e. The second-order valence-corrected chi connectivity index (χ2v) is 5.89. The van der Waals surface area contributed by atoms with Crippen molar-refractivity contribution in [2.24, 2.45) is 0 Å². The van der Waals surface area contributed by atoms with Crippen molar-refractivity contribution < 1.29 is 8.42 Å². The highest BCUT2D eigenvalue weighted by molar-refractivity contribution is 7.89. The molecule has 0 amide bonds. The highest BCUT2D eigenvalue weighted by atomic mass is 32.2. The minimum Gasteiger partial charge on any atom is -0.398 e. The molecule has 3 N–H and O–H groups in total. The summed E-state index contributed by atoms with van der Waals surface area (Å²) in [6.07, 6.45) is 5.22. The van der Waals surface area contributed by atoms with Crippen LogP contribution in [0.3, 0.4) is 0 Å². The number of sulfonamides is 1. The molecule has 0 aliphatic rings. The van der Waals surface area contributed by atoms with E-state index in [9.17, 15) is 8.42 Å². The fourth-order valence-corrected chi connectivity index (χ4v) is 2.74. The minimum absolute atomic E-state index is 0.00868. The second kappa shape index (κ2) is 4.69. The Hall–Kier alpha value is -2.02. The Morgan fingerprint density at radius 2 is 2.06 bits per heavy atom. The van der Waals surface area contributed by atoms with Crippen molar-refractivity contribution in [3.05, 3.63) is 23.8 Å². The Bertz CT molecular complexity index is 649. The first-order valence-electron chi connectivity index (χ1n) is 5.03. The molecule has 18 heavy (non-hydrogen) atoms. The number of terminal acetylenes is 1. The van der Waals surface area contributed by atoms with Gasteiger partial charge in [-0.15, -0.1) is 6.42 Å². The van der Waals surface area contributed by atoms with Gasteiger partial charge in [-0.1, -0.05) is 5.92 Å². The van der Waals surface area contributed by atoms with Gasteiger partial charge in [0.25, 0.3) is 0 Å². The van der Waals surface area contributed by atoms with E-state index in [1.807, 2.05) is 6.07 Å². The fourth-order valence-electron chi connectivity index (χ4n) is 1.28. The van der Waals surface area contributed by atoms with Gasteiger partial charge >= 0.3 is 0 Å². The number of nitrogens with one attached hydrogen (secondary N) is 1.